The number of fused-ring (bicyclic) bond motifs is 1. The Morgan fingerprint density at radius 1 is 1.04 bits per heavy atom. The van der Waals surface area contributed by atoms with Gasteiger partial charge in [0.05, 0.1) is 6.61 Å². The maximum atomic E-state index is 5.42. The topological polar surface area (TPSA) is 12.5 Å². The van der Waals surface area contributed by atoms with Gasteiger partial charge in [0, 0.05) is 31.5 Å². The van der Waals surface area contributed by atoms with Crippen LogP contribution in [0.5, 0.6) is 0 Å². The number of hydrogen-bond acceptors (Lipinski definition) is 2. The summed E-state index contributed by atoms with van der Waals surface area (Å²) in [6.07, 6.45) is 8.53. The monoisotopic (exact) mass is 365 g/mol. The van der Waals surface area contributed by atoms with E-state index in [-0.39, 0.29) is 0 Å². The molecule has 3 rings (SSSR count). The molecule has 2 nitrogen and oxygen atoms in total. The molecule has 0 N–H and O–H groups in total. The first kappa shape index (κ1) is 19.9. The van der Waals surface area contributed by atoms with Gasteiger partial charge in [-0.25, -0.2) is 0 Å². The molecular formula is C25H35NO. The Kier molecular flexibility index (Phi) is 7.34. The van der Waals surface area contributed by atoms with E-state index in [1.165, 1.54) is 55.3 Å². The molecule has 0 amide bonds. The first-order valence-electron chi connectivity index (χ1n) is 10.8. The number of unbranched alkanes of at least 4 members (excludes halogenated alkanes) is 1. The summed E-state index contributed by atoms with van der Waals surface area (Å²) in [6.45, 7) is 7.50. The fourth-order valence-electron chi connectivity index (χ4n) is 4.42. The normalized spacial score (nSPS) is 13.7. The predicted octanol–water partition coefficient (Wildman–Crippen LogP) is 6.05. The lowest BCUT2D eigenvalue weighted by Gasteiger charge is -2.35. The molecule has 27 heavy (non-hydrogen) atoms. The van der Waals surface area contributed by atoms with E-state index in [2.05, 4.69) is 55.1 Å². The molecule has 0 aromatic heterocycles. The van der Waals surface area contributed by atoms with Crippen molar-refractivity contribution in [2.24, 2.45) is 0 Å². The minimum Gasteiger partial charge on any atom is -0.383 e. The van der Waals surface area contributed by atoms with Gasteiger partial charge in [-0.15, -0.1) is 0 Å². The Morgan fingerprint density at radius 2 is 1.85 bits per heavy atom. The fraction of sp³-hybridized carbons (Fsp3) is 0.520. The van der Waals surface area contributed by atoms with Crippen molar-refractivity contribution < 1.29 is 4.74 Å². The fourth-order valence-corrected chi connectivity index (χ4v) is 4.42. The Labute approximate surface area is 165 Å². The second kappa shape index (κ2) is 9.94. The molecule has 146 valence electrons. The van der Waals surface area contributed by atoms with Crippen LogP contribution in [-0.2, 0) is 24.0 Å². The molecule has 0 aliphatic carbocycles. The lowest BCUT2D eigenvalue weighted by Crippen LogP contribution is -2.33. The van der Waals surface area contributed by atoms with Crippen LogP contribution in [0.2, 0.25) is 0 Å². The van der Waals surface area contributed by atoms with Gasteiger partial charge in [-0.3, -0.25) is 0 Å². The SMILES string of the molecule is CCCCc1cc2c(c(-c3ccccc3)c1CCC)N(CCOC)CCC2. The van der Waals surface area contributed by atoms with E-state index in [1.807, 2.05) is 0 Å². The van der Waals surface area contributed by atoms with E-state index in [0.29, 0.717) is 0 Å². The maximum absolute atomic E-state index is 5.42. The van der Waals surface area contributed by atoms with Crippen LogP contribution in [0.15, 0.2) is 36.4 Å². The third-order valence-electron chi connectivity index (χ3n) is 5.70. The van der Waals surface area contributed by atoms with Gasteiger partial charge in [0.2, 0.25) is 0 Å². The lowest BCUT2D eigenvalue weighted by molar-refractivity contribution is 0.205. The Bertz CT molecular complexity index is 723. The van der Waals surface area contributed by atoms with Crippen LogP contribution in [-0.4, -0.2) is 26.8 Å². The van der Waals surface area contributed by atoms with Gasteiger partial charge in [-0.2, -0.15) is 0 Å². The molecule has 2 aromatic rings. The number of nitrogens with zero attached hydrogens (tertiary/aromatic N) is 1. The van der Waals surface area contributed by atoms with Gasteiger partial charge < -0.3 is 9.64 Å². The molecule has 2 heteroatoms. The molecule has 0 spiro atoms. The summed E-state index contributed by atoms with van der Waals surface area (Å²) in [5.41, 5.74) is 9.07. The van der Waals surface area contributed by atoms with Crippen molar-refractivity contribution in [3.8, 4) is 11.1 Å². The van der Waals surface area contributed by atoms with Crippen LogP contribution >= 0.6 is 0 Å². The largest absolute Gasteiger partial charge is 0.383 e. The second-order valence-corrected chi connectivity index (χ2v) is 7.70. The summed E-state index contributed by atoms with van der Waals surface area (Å²) >= 11 is 0. The van der Waals surface area contributed by atoms with Crippen LogP contribution in [0, 0.1) is 0 Å². The lowest BCUT2D eigenvalue weighted by atomic mass is 9.84. The van der Waals surface area contributed by atoms with Crippen LogP contribution in [0.3, 0.4) is 0 Å². The van der Waals surface area contributed by atoms with Crippen molar-refractivity contribution in [1.82, 2.24) is 0 Å². The summed E-state index contributed by atoms with van der Waals surface area (Å²) in [7, 11) is 1.80. The molecule has 1 aliphatic rings. The quantitative estimate of drug-likeness (QED) is 0.536. The minimum absolute atomic E-state index is 0.786. The van der Waals surface area contributed by atoms with Crippen molar-refractivity contribution in [3.05, 3.63) is 53.1 Å². The highest BCUT2D eigenvalue weighted by atomic mass is 16.5. The Hall–Kier alpha value is -1.80. The van der Waals surface area contributed by atoms with Crippen LogP contribution in [0.4, 0.5) is 5.69 Å². The zero-order chi connectivity index (χ0) is 19.1. The number of hydrogen-bond donors (Lipinski definition) is 0. The number of rotatable bonds is 9. The van der Waals surface area contributed by atoms with E-state index in [0.717, 1.165) is 26.1 Å². The highest BCUT2D eigenvalue weighted by Crippen LogP contribution is 2.42. The van der Waals surface area contributed by atoms with E-state index in [1.54, 1.807) is 23.8 Å². The van der Waals surface area contributed by atoms with E-state index < -0.39 is 0 Å². The molecule has 0 radical (unpaired) electrons. The summed E-state index contributed by atoms with van der Waals surface area (Å²) in [6, 6.07) is 13.6. The van der Waals surface area contributed by atoms with Gasteiger partial charge in [0.25, 0.3) is 0 Å². The summed E-state index contributed by atoms with van der Waals surface area (Å²) in [5.74, 6) is 0. The smallest absolute Gasteiger partial charge is 0.0637 e. The molecule has 0 saturated heterocycles. The van der Waals surface area contributed by atoms with Crippen molar-refractivity contribution in [1.29, 1.82) is 0 Å². The highest BCUT2D eigenvalue weighted by molar-refractivity contribution is 5.85. The number of anilines is 1. The predicted molar refractivity (Wildman–Crippen MR) is 117 cm³/mol. The molecule has 0 fully saturated rings. The molecule has 2 aromatic carbocycles. The summed E-state index contributed by atoms with van der Waals surface area (Å²) in [5, 5.41) is 0. The van der Waals surface area contributed by atoms with Crippen LogP contribution in [0.1, 0.15) is 56.2 Å². The number of benzene rings is 2. The van der Waals surface area contributed by atoms with Crippen molar-refractivity contribution in [2.75, 3.05) is 31.7 Å². The molecule has 0 atom stereocenters. The van der Waals surface area contributed by atoms with Gasteiger partial charge in [-0.05, 0) is 54.4 Å². The zero-order valence-electron chi connectivity index (χ0n) is 17.4. The number of methoxy groups -OCH3 is 1. The Balaban J connectivity index is 2.20. The first-order chi connectivity index (χ1) is 13.3. The summed E-state index contributed by atoms with van der Waals surface area (Å²) < 4.78 is 5.42. The average Bonchev–Trinajstić information content (AvgIpc) is 2.71. The maximum Gasteiger partial charge on any atom is 0.0637 e. The van der Waals surface area contributed by atoms with Crippen molar-refractivity contribution >= 4 is 5.69 Å². The molecule has 0 saturated carbocycles. The molecule has 1 aliphatic heterocycles. The third-order valence-corrected chi connectivity index (χ3v) is 5.70. The van der Waals surface area contributed by atoms with E-state index in [9.17, 15) is 0 Å². The number of aryl methyl sites for hydroxylation is 2. The average molecular weight is 366 g/mol. The van der Waals surface area contributed by atoms with Gasteiger partial charge in [0.15, 0.2) is 0 Å². The Morgan fingerprint density at radius 3 is 2.56 bits per heavy atom. The van der Waals surface area contributed by atoms with E-state index >= 15 is 0 Å². The molecule has 0 bridgehead atoms. The third kappa shape index (κ3) is 4.55. The number of ether oxygens (including phenoxy) is 1. The second-order valence-electron chi connectivity index (χ2n) is 7.70. The molecular weight excluding hydrogens is 330 g/mol. The zero-order valence-corrected chi connectivity index (χ0v) is 17.4. The summed E-state index contributed by atoms with van der Waals surface area (Å²) in [4.78, 5) is 2.58. The molecule has 0 unspecified atom stereocenters. The molecule has 1 heterocycles. The first-order valence-corrected chi connectivity index (χ1v) is 10.8. The van der Waals surface area contributed by atoms with Gasteiger partial charge in [-0.1, -0.05) is 63.1 Å². The standard InChI is InChI=1S/C25H35NO/c1-4-6-12-21-19-22-15-10-16-26(17-18-27-3)25(22)24(23(21)11-5-2)20-13-8-7-9-14-20/h7-9,13-14,19H,4-6,10-12,15-18H2,1-3H3. The van der Waals surface area contributed by atoms with E-state index in [4.69, 9.17) is 4.74 Å². The van der Waals surface area contributed by atoms with Gasteiger partial charge in [0.1, 0.15) is 0 Å². The van der Waals surface area contributed by atoms with Crippen LogP contribution < -0.4 is 4.90 Å². The minimum atomic E-state index is 0.786. The van der Waals surface area contributed by atoms with Gasteiger partial charge >= 0.3 is 0 Å². The van der Waals surface area contributed by atoms with Crippen molar-refractivity contribution in [3.63, 3.8) is 0 Å². The van der Waals surface area contributed by atoms with Crippen LogP contribution in [0.25, 0.3) is 11.1 Å². The van der Waals surface area contributed by atoms with Crippen molar-refractivity contribution in [2.45, 2.75) is 58.8 Å². The highest BCUT2D eigenvalue weighted by Gasteiger charge is 2.25.